The third-order valence-corrected chi connectivity index (χ3v) is 1.62. The van der Waals surface area contributed by atoms with Crippen molar-refractivity contribution in [2.24, 2.45) is 12.8 Å². The molecule has 2 heteroatoms. The normalized spacial score (nSPS) is 14.6. The SMILES string of the molecule is C/C=c1/ccn(C)/c1=C/N. The van der Waals surface area contributed by atoms with Crippen molar-refractivity contribution >= 4 is 12.3 Å². The molecule has 0 spiro atoms. The first-order chi connectivity index (χ1) is 4.79. The number of nitrogens with zero attached hydrogens (tertiary/aromatic N) is 1. The van der Waals surface area contributed by atoms with Crippen LogP contribution in [0.3, 0.4) is 0 Å². The highest BCUT2D eigenvalue weighted by Crippen LogP contribution is 1.68. The minimum absolute atomic E-state index is 1.07. The molecule has 54 valence electrons. The molecule has 0 fully saturated rings. The zero-order valence-corrected chi connectivity index (χ0v) is 6.33. The van der Waals surface area contributed by atoms with Gasteiger partial charge >= 0.3 is 0 Å². The van der Waals surface area contributed by atoms with Gasteiger partial charge < -0.3 is 10.3 Å². The van der Waals surface area contributed by atoms with E-state index in [9.17, 15) is 0 Å². The van der Waals surface area contributed by atoms with E-state index in [0.29, 0.717) is 0 Å². The Balaban J connectivity index is 3.59. The van der Waals surface area contributed by atoms with E-state index in [0.717, 1.165) is 5.35 Å². The minimum Gasteiger partial charge on any atom is -0.403 e. The summed E-state index contributed by atoms with van der Waals surface area (Å²) in [5.74, 6) is 0. The fraction of sp³-hybridized carbons (Fsp3) is 0.250. The summed E-state index contributed by atoms with van der Waals surface area (Å²) in [6.45, 7) is 2.00. The average molecular weight is 136 g/mol. The van der Waals surface area contributed by atoms with Crippen LogP contribution in [0.1, 0.15) is 6.92 Å². The molecule has 0 radical (unpaired) electrons. The maximum absolute atomic E-state index is 5.41. The Morgan fingerprint density at radius 1 is 1.60 bits per heavy atom. The fourth-order valence-corrected chi connectivity index (χ4v) is 1.02. The Bertz CT molecular complexity index is 320. The molecule has 0 amide bonds. The lowest BCUT2D eigenvalue weighted by molar-refractivity contribution is 0.886. The first kappa shape index (κ1) is 6.93. The second-order valence-corrected chi connectivity index (χ2v) is 2.22. The lowest BCUT2D eigenvalue weighted by Crippen LogP contribution is -2.28. The summed E-state index contributed by atoms with van der Waals surface area (Å²) in [5, 5.41) is 2.26. The van der Waals surface area contributed by atoms with Gasteiger partial charge in [-0.05, 0) is 18.2 Å². The lowest BCUT2D eigenvalue weighted by atomic mass is 10.4. The van der Waals surface area contributed by atoms with Crippen molar-refractivity contribution in [1.82, 2.24) is 4.57 Å². The molecule has 1 aromatic rings. The number of hydrogen-bond donors (Lipinski definition) is 1. The summed E-state index contributed by atoms with van der Waals surface area (Å²) in [6.07, 6.45) is 5.65. The molecule has 0 aliphatic heterocycles. The Morgan fingerprint density at radius 2 is 2.30 bits per heavy atom. The quantitative estimate of drug-likeness (QED) is 0.513. The van der Waals surface area contributed by atoms with Gasteiger partial charge in [0.1, 0.15) is 0 Å². The van der Waals surface area contributed by atoms with Gasteiger partial charge in [-0.2, -0.15) is 0 Å². The van der Waals surface area contributed by atoms with Crippen LogP contribution in [0.2, 0.25) is 0 Å². The van der Waals surface area contributed by atoms with Gasteiger partial charge in [0.15, 0.2) is 0 Å². The van der Waals surface area contributed by atoms with E-state index in [1.54, 1.807) is 6.20 Å². The van der Waals surface area contributed by atoms with Crippen LogP contribution in [0.25, 0.3) is 12.3 Å². The first-order valence-electron chi connectivity index (χ1n) is 3.29. The van der Waals surface area contributed by atoms with Crippen LogP contribution in [-0.4, -0.2) is 4.57 Å². The lowest BCUT2D eigenvalue weighted by Gasteiger charge is -1.87. The second-order valence-electron chi connectivity index (χ2n) is 2.22. The summed E-state index contributed by atoms with van der Waals surface area (Å²) in [5.41, 5.74) is 5.41. The van der Waals surface area contributed by atoms with Crippen molar-refractivity contribution < 1.29 is 0 Å². The highest BCUT2D eigenvalue weighted by atomic mass is 14.9. The molecule has 2 N–H and O–H groups in total. The topological polar surface area (TPSA) is 30.9 Å². The summed E-state index contributed by atoms with van der Waals surface area (Å²) in [6, 6.07) is 2.04. The highest BCUT2D eigenvalue weighted by molar-refractivity contribution is 5.25. The van der Waals surface area contributed by atoms with Crippen molar-refractivity contribution in [2.75, 3.05) is 0 Å². The summed E-state index contributed by atoms with van der Waals surface area (Å²) >= 11 is 0. The zero-order valence-electron chi connectivity index (χ0n) is 6.33. The minimum atomic E-state index is 1.07. The van der Waals surface area contributed by atoms with Crippen LogP contribution >= 0.6 is 0 Å². The molecular formula is C8H12N2. The predicted octanol–water partition coefficient (Wildman–Crippen LogP) is -0.478. The van der Waals surface area contributed by atoms with Crippen LogP contribution in [0.5, 0.6) is 0 Å². The standard InChI is InChI=1S/C8H12N2/c1-3-7-4-5-10(2)8(7)6-9/h3-6H,9H2,1-2H3/b7-3-,8-6+. The molecule has 0 aromatic carbocycles. The van der Waals surface area contributed by atoms with Gasteiger partial charge in [0, 0.05) is 19.4 Å². The Hall–Kier alpha value is -1.18. The highest BCUT2D eigenvalue weighted by Gasteiger charge is 1.85. The van der Waals surface area contributed by atoms with Crippen molar-refractivity contribution in [3.05, 3.63) is 22.8 Å². The van der Waals surface area contributed by atoms with Crippen LogP contribution in [0.4, 0.5) is 0 Å². The third-order valence-electron chi connectivity index (χ3n) is 1.62. The predicted molar refractivity (Wildman–Crippen MR) is 43.5 cm³/mol. The van der Waals surface area contributed by atoms with Crippen molar-refractivity contribution in [3.63, 3.8) is 0 Å². The molecule has 0 saturated carbocycles. The average Bonchev–Trinajstić information content (AvgIpc) is 2.30. The number of aromatic nitrogens is 1. The van der Waals surface area contributed by atoms with E-state index >= 15 is 0 Å². The van der Waals surface area contributed by atoms with E-state index in [1.165, 1.54) is 5.22 Å². The van der Waals surface area contributed by atoms with Crippen LogP contribution < -0.4 is 16.3 Å². The van der Waals surface area contributed by atoms with Crippen LogP contribution in [0, 0.1) is 0 Å². The van der Waals surface area contributed by atoms with E-state index in [4.69, 9.17) is 5.73 Å². The van der Waals surface area contributed by atoms with Gasteiger partial charge in [-0.3, -0.25) is 0 Å². The molecule has 0 atom stereocenters. The molecule has 1 rings (SSSR count). The van der Waals surface area contributed by atoms with Gasteiger partial charge in [-0.25, -0.2) is 0 Å². The molecule has 1 heterocycles. The molecule has 0 bridgehead atoms. The number of hydrogen-bond acceptors (Lipinski definition) is 1. The van der Waals surface area contributed by atoms with Crippen molar-refractivity contribution in [3.8, 4) is 0 Å². The first-order valence-corrected chi connectivity index (χ1v) is 3.29. The van der Waals surface area contributed by atoms with Gasteiger partial charge in [-0.1, -0.05) is 6.08 Å². The van der Waals surface area contributed by atoms with Gasteiger partial charge in [0.2, 0.25) is 0 Å². The van der Waals surface area contributed by atoms with Crippen molar-refractivity contribution in [2.45, 2.75) is 6.92 Å². The van der Waals surface area contributed by atoms with E-state index < -0.39 is 0 Å². The largest absolute Gasteiger partial charge is 0.403 e. The third kappa shape index (κ3) is 0.923. The summed E-state index contributed by atoms with van der Waals surface area (Å²) in [4.78, 5) is 0. The number of rotatable bonds is 0. The second kappa shape index (κ2) is 2.60. The molecule has 0 saturated heterocycles. The monoisotopic (exact) mass is 136 g/mol. The van der Waals surface area contributed by atoms with Gasteiger partial charge in [-0.15, -0.1) is 0 Å². The fourth-order valence-electron chi connectivity index (χ4n) is 1.02. The summed E-state index contributed by atoms with van der Waals surface area (Å²) < 4.78 is 2.00. The van der Waals surface area contributed by atoms with Crippen LogP contribution in [-0.2, 0) is 7.05 Å². The van der Waals surface area contributed by atoms with Gasteiger partial charge in [0.25, 0.3) is 0 Å². The Morgan fingerprint density at radius 3 is 2.70 bits per heavy atom. The smallest absolute Gasteiger partial charge is 0.0631 e. The number of nitrogens with two attached hydrogens (primary N) is 1. The maximum Gasteiger partial charge on any atom is 0.0631 e. The Kier molecular flexibility index (Phi) is 1.81. The zero-order chi connectivity index (χ0) is 7.56. The molecular weight excluding hydrogens is 124 g/mol. The molecule has 2 nitrogen and oxygen atoms in total. The molecule has 1 aromatic heterocycles. The van der Waals surface area contributed by atoms with E-state index in [2.05, 4.69) is 0 Å². The van der Waals surface area contributed by atoms with E-state index in [1.807, 2.05) is 36.9 Å². The molecule has 0 unspecified atom stereocenters. The van der Waals surface area contributed by atoms with Gasteiger partial charge in [0.05, 0.1) is 5.35 Å². The molecule has 0 aliphatic rings. The number of aryl methyl sites for hydroxylation is 1. The summed E-state index contributed by atoms with van der Waals surface area (Å²) in [7, 11) is 1.98. The molecule has 10 heavy (non-hydrogen) atoms. The van der Waals surface area contributed by atoms with E-state index in [-0.39, 0.29) is 0 Å². The Labute approximate surface area is 60.3 Å². The maximum atomic E-state index is 5.41. The molecule has 0 aliphatic carbocycles. The van der Waals surface area contributed by atoms with Crippen LogP contribution in [0.15, 0.2) is 12.3 Å². The van der Waals surface area contributed by atoms with Crippen molar-refractivity contribution in [1.29, 1.82) is 0 Å².